The first-order chi connectivity index (χ1) is 10.3. The lowest BCUT2D eigenvalue weighted by Gasteiger charge is -2.05. The lowest BCUT2D eigenvalue weighted by atomic mass is 10.1. The number of benzene rings is 3. The topological polar surface area (TPSA) is 45.2 Å². The van der Waals surface area contributed by atoms with Gasteiger partial charge < -0.3 is 14.8 Å². The van der Waals surface area contributed by atoms with Gasteiger partial charge in [-0.05, 0) is 42.5 Å². The van der Waals surface area contributed by atoms with Gasteiger partial charge in [-0.15, -0.1) is 0 Å². The van der Waals surface area contributed by atoms with Crippen molar-refractivity contribution in [3.05, 3.63) is 66.7 Å². The van der Waals surface area contributed by atoms with E-state index < -0.39 is 0 Å². The second-order valence-electron chi connectivity index (χ2n) is 4.97. The SMILES string of the molecule is Oc1ccc(Oc2ccc3c(c2)[nH]c2ccccc23)cc1. The molecular weight excluding hydrogens is 262 g/mol. The zero-order valence-corrected chi connectivity index (χ0v) is 11.2. The highest BCUT2D eigenvalue weighted by atomic mass is 16.5. The summed E-state index contributed by atoms with van der Waals surface area (Å²) in [6.07, 6.45) is 0. The summed E-state index contributed by atoms with van der Waals surface area (Å²) in [4.78, 5) is 3.39. The predicted octanol–water partition coefficient (Wildman–Crippen LogP) is 4.82. The summed E-state index contributed by atoms with van der Waals surface area (Å²) >= 11 is 0. The van der Waals surface area contributed by atoms with E-state index in [2.05, 4.69) is 23.2 Å². The van der Waals surface area contributed by atoms with E-state index in [4.69, 9.17) is 4.74 Å². The third kappa shape index (κ3) is 2.09. The van der Waals surface area contributed by atoms with Gasteiger partial charge >= 0.3 is 0 Å². The van der Waals surface area contributed by atoms with Gasteiger partial charge in [0.2, 0.25) is 0 Å². The summed E-state index contributed by atoms with van der Waals surface area (Å²) in [5, 5.41) is 11.7. The Hall–Kier alpha value is -2.94. The van der Waals surface area contributed by atoms with Crippen molar-refractivity contribution in [2.45, 2.75) is 0 Å². The van der Waals surface area contributed by atoms with Crippen LogP contribution in [0.3, 0.4) is 0 Å². The molecule has 0 radical (unpaired) electrons. The average Bonchev–Trinajstić information content (AvgIpc) is 2.87. The predicted molar refractivity (Wildman–Crippen MR) is 84.0 cm³/mol. The van der Waals surface area contributed by atoms with Crippen LogP contribution in [0, 0.1) is 0 Å². The van der Waals surface area contributed by atoms with Crippen molar-refractivity contribution in [1.29, 1.82) is 0 Å². The van der Waals surface area contributed by atoms with E-state index in [1.807, 2.05) is 24.3 Å². The molecule has 0 fully saturated rings. The number of para-hydroxylation sites is 1. The summed E-state index contributed by atoms with van der Waals surface area (Å²) in [7, 11) is 0. The van der Waals surface area contributed by atoms with Crippen LogP contribution in [0.4, 0.5) is 0 Å². The summed E-state index contributed by atoms with van der Waals surface area (Å²) in [5.74, 6) is 1.69. The fraction of sp³-hybridized carbons (Fsp3) is 0. The van der Waals surface area contributed by atoms with Crippen LogP contribution in [-0.2, 0) is 0 Å². The number of aromatic hydroxyl groups is 1. The molecule has 4 aromatic rings. The van der Waals surface area contributed by atoms with Gasteiger partial charge in [-0.25, -0.2) is 0 Å². The quantitative estimate of drug-likeness (QED) is 0.551. The van der Waals surface area contributed by atoms with E-state index >= 15 is 0 Å². The first-order valence-electron chi connectivity index (χ1n) is 6.77. The third-order valence-corrected chi connectivity index (χ3v) is 3.55. The van der Waals surface area contributed by atoms with Crippen molar-refractivity contribution >= 4 is 21.8 Å². The molecule has 3 heteroatoms. The molecule has 3 aromatic carbocycles. The van der Waals surface area contributed by atoms with E-state index in [1.54, 1.807) is 24.3 Å². The normalized spacial score (nSPS) is 11.0. The number of hydrogen-bond donors (Lipinski definition) is 2. The molecule has 1 aromatic heterocycles. The van der Waals surface area contributed by atoms with Crippen LogP contribution in [0.1, 0.15) is 0 Å². The van der Waals surface area contributed by atoms with Gasteiger partial charge in [-0.2, -0.15) is 0 Å². The molecule has 0 aliphatic carbocycles. The minimum absolute atomic E-state index is 0.230. The largest absolute Gasteiger partial charge is 0.508 e. The Bertz CT molecular complexity index is 923. The molecule has 102 valence electrons. The molecule has 0 saturated heterocycles. The monoisotopic (exact) mass is 275 g/mol. The van der Waals surface area contributed by atoms with Crippen molar-refractivity contribution in [3.63, 3.8) is 0 Å². The highest BCUT2D eigenvalue weighted by Gasteiger charge is 2.05. The van der Waals surface area contributed by atoms with Crippen LogP contribution in [0.25, 0.3) is 21.8 Å². The highest BCUT2D eigenvalue weighted by Crippen LogP contribution is 2.30. The molecule has 1 heterocycles. The van der Waals surface area contributed by atoms with E-state index in [0.29, 0.717) is 5.75 Å². The summed E-state index contributed by atoms with van der Waals surface area (Å²) < 4.78 is 5.81. The number of phenols is 1. The first kappa shape index (κ1) is 11.9. The minimum Gasteiger partial charge on any atom is -0.508 e. The second-order valence-corrected chi connectivity index (χ2v) is 4.97. The maximum absolute atomic E-state index is 9.28. The summed E-state index contributed by atoms with van der Waals surface area (Å²) in [6, 6.07) is 20.9. The summed E-state index contributed by atoms with van der Waals surface area (Å²) in [6.45, 7) is 0. The fourth-order valence-corrected chi connectivity index (χ4v) is 2.55. The van der Waals surface area contributed by atoms with Gasteiger partial charge in [0, 0.05) is 22.4 Å². The van der Waals surface area contributed by atoms with Crippen molar-refractivity contribution in [2.24, 2.45) is 0 Å². The average molecular weight is 275 g/mol. The smallest absolute Gasteiger partial charge is 0.129 e. The van der Waals surface area contributed by atoms with Crippen LogP contribution in [0.5, 0.6) is 17.2 Å². The van der Waals surface area contributed by atoms with Gasteiger partial charge in [0.05, 0.1) is 5.52 Å². The molecule has 0 unspecified atom stereocenters. The standard InChI is InChI=1S/C18H13NO2/c20-12-5-7-13(8-6-12)21-14-9-10-16-15-3-1-2-4-17(15)19-18(16)11-14/h1-11,19-20H. The number of ether oxygens (including phenoxy) is 1. The molecule has 0 atom stereocenters. The number of aromatic nitrogens is 1. The Morgan fingerprint density at radius 2 is 1.43 bits per heavy atom. The lowest BCUT2D eigenvalue weighted by molar-refractivity contribution is 0.464. The van der Waals surface area contributed by atoms with Gasteiger partial charge in [0.25, 0.3) is 0 Å². The number of rotatable bonds is 2. The second kappa shape index (κ2) is 4.56. The Balaban J connectivity index is 1.76. The van der Waals surface area contributed by atoms with E-state index in [0.717, 1.165) is 16.8 Å². The minimum atomic E-state index is 0.230. The molecule has 2 N–H and O–H groups in total. The Morgan fingerprint density at radius 1 is 0.714 bits per heavy atom. The molecule has 0 spiro atoms. The summed E-state index contributed by atoms with van der Waals surface area (Å²) in [5.41, 5.74) is 2.17. The van der Waals surface area contributed by atoms with Crippen molar-refractivity contribution in [1.82, 2.24) is 4.98 Å². The van der Waals surface area contributed by atoms with Crippen LogP contribution < -0.4 is 4.74 Å². The van der Waals surface area contributed by atoms with Crippen LogP contribution >= 0.6 is 0 Å². The van der Waals surface area contributed by atoms with Gasteiger partial charge in [0.15, 0.2) is 0 Å². The van der Waals surface area contributed by atoms with Crippen molar-refractivity contribution < 1.29 is 9.84 Å². The zero-order valence-electron chi connectivity index (χ0n) is 11.2. The van der Waals surface area contributed by atoms with Crippen LogP contribution in [-0.4, -0.2) is 10.1 Å². The van der Waals surface area contributed by atoms with E-state index in [1.165, 1.54) is 10.8 Å². The number of fused-ring (bicyclic) bond motifs is 3. The van der Waals surface area contributed by atoms with E-state index in [9.17, 15) is 5.11 Å². The third-order valence-electron chi connectivity index (χ3n) is 3.55. The maximum atomic E-state index is 9.28. The number of aromatic amines is 1. The highest BCUT2D eigenvalue weighted by molar-refractivity contribution is 6.07. The number of nitrogens with one attached hydrogen (secondary N) is 1. The zero-order chi connectivity index (χ0) is 14.2. The Labute approximate surface area is 121 Å². The number of hydrogen-bond acceptors (Lipinski definition) is 2. The molecule has 3 nitrogen and oxygen atoms in total. The Kier molecular flexibility index (Phi) is 2.57. The molecule has 0 saturated carbocycles. The maximum Gasteiger partial charge on any atom is 0.129 e. The van der Waals surface area contributed by atoms with Crippen LogP contribution in [0.2, 0.25) is 0 Å². The number of H-pyrrole nitrogens is 1. The molecule has 4 rings (SSSR count). The van der Waals surface area contributed by atoms with Gasteiger partial charge in [-0.3, -0.25) is 0 Å². The van der Waals surface area contributed by atoms with E-state index in [-0.39, 0.29) is 5.75 Å². The van der Waals surface area contributed by atoms with Crippen molar-refractivity contribution in [2.75, 3.05) is 0 Å². The van der Waals surface area contributed by atoms with Gasteiger partial charge in [0.1, 0.15) is 17.2 Å². The van der Waals surface area contributed by atoms with Crippen molar-refractivity contribution in [3.8, 4) is 17.2 Å². The molecule has 0 aliphatic heterocycles. The number of phenolic OH excluding ortho intramolecular Hbond substituents is 1. The molecule has 0 aliphatic rings. The molecule has 21 heavy (non-hydrogen) atoms. The van der Waals surface area contributed by atoms with Gasteiger partial charge in [-0.1, -0.05) is 18.2 Å². The Morgan fingerprint density at radius 3 is 2.29 bits per heavy atom. The molecule has 0 bridgehead atoms. The lowest BCUT2D eigenvalue weighted by Crippen LogP contribution is -1.83. The first-order valence-corrected chi connectivity index (χ1v) is 6.77. The fourth-order valence-electron chi connectivity index (χ4n) is 2.55. The molecular formula is C18H13NO2. The van der Waals surface area contributed by atoms with Crippen LogP contribution in [0.15, 0.2) is 66.7 Å². The molecule has 0 amide bonds.